The Morgan fingerprint density at radius 3 is 2.86 bits per heavy atom. The lowest BCUT2D eigenvalue weighted by Gasteiger charge is -2.22. The van der Waals surface area contributed by atoms with Crippen molar-refractivity contribution in [2.75, 3.05) is 18.5 Å². The lowest BCUT2D eigenvalue weighted by molar-refractivity contribution is 0.0169. The Labute approximate surface area is 132 Å². The number of ether oxygens (including phenoxy) is 1. The number of nitrogens with one attached hydrogen (secondary N) is 2. The molecule has 5 heteroatoms. The molecular weight excluding hydrogens is 280 g/mol. The van der Waals surface area contributed by atoms with Gasteiger partial charge in [0.1, 0.15) is 0 Å². The van der Waals surface area contributed by atoms with Crippen LogP contribution >= 0.6 is 0 Å². The van der Waals surface area contributed by atoms with Crippen molar-refractivity contribution in [2.24, 2.45) is 0 Å². The number of urea groups is 1. The van der Waals surface area contributed by atoms with Gasteiger partial charge in [-0.1, -0.05) is 31.4 Å². The number of amides is 2. The summed E-state index contributed by atoms with van der Waals surface area (Å²) in [5.74, 6) is 0. The summed E-state index contributed by atoms with van der Waals surface area (Å²) in [5.41, 5.74) is 1.82. The summed E-state index contributed by atoms with van der Waals surface area (Å²) in [7, 11) is 0. The van der Waals surface area contributed by atoms with Gasteiger partial charge in [0.15, 0.2) is 0 Å². The fraction of sp³-hybridized carbons (Fsp3) is 0.588. The largest absolute Gasteiger partial charge is 0.396 e. The second kappa shape index (κ2) is 9.43. The van der Waals surface area contributed by atoms with Gasteiger partial charge in [-0.3, -0.25) is 0 Å². The van der Waals surface area contributed by atoms with Crippen molar-refractivity contribution in [3.8, 4) is 0 Å². The number of aliphatic hydroxyl groups excluding tert-OH is 1. The second-order valence-electron chi connectivity index (χ2n) is 5.73. The molecule has 0 radical (unpaired) electrons. The molecule has 5 nitrogen and oxygen atoms in total. The van der Waals surface area contributed by atoms with E-state index in [0.29, 0.717) is 25.7 Å². The van der Waals surface area contributed by atoms with Gasteiger partial charge in [-0.2, -0.15) is 0 Å². The van der Waals surface area contributed by atoms with Gasteiger partial charge in [0, 0.05) is 18.8 Å². The van der Waals surface area contributed by atoms with E-state index in [2.05, 4.69) is 10.6 Å². The van der Waals surface area contributed by atoms with E-state index in [4.69, 9.17) is 9.84 Å². The van der Waals surface area contributed by atoms with Crippen LogP contribution in [0.3, 0.4) is 0 Å². The fourth-order valence-corrected chi connectivity index (χ4v) is 2.64. The zero-order valence-electron chi connectivity index (χ0n) is 13.0. The highest BCUT2D eigenvalue weighted by atomic mass is 16.5. The summed E-state index contributed by atoms with van der Waals surface area (Å²) in [6, 6.07) is 7.48. The highest BCUT2D eigenvalue weighted by Crippen LogP contribution is 2.22. The number of rotatable bonds is 7. The van der Waals surface area contributed by atoms with Gasteiger partial charge >= 0.3 is 6.03 Å². The van der Waals surface area contributed by atoms with Crippen molar-refractivity contribution in [3.63, 3.8) is 0 Å². The molecule has 0 aromatic heterocycles. The smallest absolute Gasteiger partial charge is 0.319 e. The molecule has 1 aromatic carbocycles. The zero-order valence-corrected chi connectivity index (χ0v) is 13.0. The van der Waals surface area contributed by atoms with Gasteiger partial charge in [-0.15, -0.1) is 0 Å². The first-order valence-corrected chi connectivity index (χ1v) is 8.14. The third-order valence-corrected chi connectivity index (χ3v) is 3.84. The molecule has 1 saturated carbocycles. The van der Waals surface area contributed by atoms with E-state index < -0.39 is 0 Å². The third kappa shape index (κ3) is 6.03. The summed E-state index contributed by atoms with van der Waals surface area (Å²) in [4.78, 5) is 11.7. The van der Waals surface area contributed by atoms with Gasteiger partial charge < -0.3 is 20.5 Å². The average molecular weight is 306 g/mol. The summed E-state index contributed by atoms with van der Waals surface area (Å²) in [5, 5.41) is 14.2. The number of benzene rings is 1. The second-order valence-corrected chi connectivity index (χ2v) is 5.73. The van der Waals surface area contributed by atoms with Crippen LogP contribution in [-0.4, -0.2) is 30.4 Å². The minimum Gasteiger partial charge on any atom is -0.396 e. The van der Waals surface area contributed by atoms with Crippen molar-refractivity contribution < 1.29 is 14.6 Å². The number of hydrogen-bond donors (Lipinski definition) is 3. The van der Waals surface area contributed by atoms with Crippen LogP contribution in [0.1, 0.15) is 44.1 Å². The van der Waals surface area contributed by atoms with Gasteiger partial charge in [0.25, 0.3) is 0 Å². The van der Waals surface area contributed by atoms with Crippen molar-refractivity contribution in [1.29, 1.82) is 0 Å². The molecule has 0 heterocycles. The van der Waals surface area contributed by atoms with E-state index in [-0.39, 0.29) is 12.6 Å². The first kappa shape index (κ1) is 16.8. The average Bonchev–Trinajstić information content (AvgIpc) is 2.54. The Bertz CT molecular complexity index is 459. The molecule has 122 valence electrons. The maximum absolute atomic E-state index is 11.7. The number of anilines is 1. The Hall–Kier alpha value is -1.59. The molecule has 1 aliphatic carbocycles. The summed E-state index contributed by atoms with van der Waals surface area (Å²) in [6.07, 6.45) is 7.11. The predicted molar refractivity (Wildman–Crippen MR) is 86.8 cm³/mol. The Morgan fingerprint density at radius 2 is 2.09 bits per heavy atom. The lowest BCUT2D eigenvalue weighted by Crippen LogP contribution is -2.29. The van der Waals surface area contributed by atoms with Crippen LogP contribution in [0.25, 0.3) is 0 Å². The summed E-state index contributed by atoms with van der Waals surface area (Å²) in [6.45, 7) is 1.13. The molecule has 2 amide bonds. The SMILES string of the molecule is O=C(NCCCO)Nc1cccc(COC2CCCCC2)c1. The molecule has 0 atom stereocenters. The maximum Gasteiger partial charge on any atom is 0.319 e. The van der Waals surface area contributed by atoms with E-state index >= 15 is 0 Å². The maximum atomic E-state index is 11.7. The number of carbonyl (C=O) groups is 1. The monoisotopic (exact) mass is 306 g/mol. The van der Waals surface area contributed by atoms with Crippen LogP contribution in [0.15, 0.2) is 24.3 Å². The molecule has 0 spiro atoms. The molecule has 2 rings (SSSR count). The van der Waals surface area contributed by atoms with Gasteiger partial charge in [-0.25, -0.2) is 4.79 Å². The molecule has 0 aliphatic heterocycles. The van der Waals surface area contributed by atoms with E-state index in [1.54, 1.807) is 0 Å². The Balaban J connectivity index is 1.77. The molecule has 0 unspecified atom stereocenters. The van der Waals surface area contributed by atoms with Crippen molar-refractivity contribution >= 4 is 11.7 Å². The molecule has 22 heavy (non-hydrogen) atoms. The van der Waals surface area contributed by atoms with Gasteiger partial charge in [0.05, 0.1) is 12.7 Å². The topological polar surface area (TPSA) is 70.6 Å². The molecule has 1 fully saturated rings. The highest BCUT2D eigenvalue weighted by Gasteiger charge is 2.13. The van der Waals surface area contributed by atoms with E-state index in [9.17, 15) is 4.79 Å². The molecule has 0 saturated heterocycles. The normalized spacial score (nSPS) is 15.5. The van der Waals surface area contributed by atoms with Crippen molar-refractivity contribution in [2.45, 2.75) is 51.2 Å². The summed E-state index contributed by atoms with van der Waals surface area (Å²) >= 11 is 0. The van der Waals surface area contributed by atoms with Gasteiger partial charge in [0.2, 0.25) is 0 Å². The van der Waals surface area contributed by atoms with E-state index in [0.717, 1.165) is 24.1 Å². The standard InChI is InChI=1S/C17H26N2O3/c20-11-5-10-18-17(21)19-15-7-4-6-14(12-15)13-22-16-8-2-1-3-9-16/h4,6-7,12,16,20H,1-3,5,8-11,13H2,(H2,18,19,21). The quantitative estimate of drug-likeness (QED) is 0.678. The minimum atomic E-state index is -0.251. The molecule has 3 N–H and O–H groups in total. The van der Waals surface area contributed by atoms with E-state index in [1.165, 1.54) is 19.3 Å². The third-order valence-electron chi connectivity index (χ3n) is 3.84. The first-order valence-electron chi connectivity index (χ1n) is 8.14. The number of hydrogen-bond acceptors (Lipinski definition) is 3. The number of carbonyl (C=O) groups excluding carboxylic acids is 1. The summed E-state index contributed by atoms with van der Waals surface area (Å²) < 4.78 is 5.95. The predicted octanol–water partition coefficient (Wildman–Crippen LogP) is 3.04. The molecule has 1 aliphatic rings. The van der Waals surface area contributed by atoms with Crippen LogP contribution in [0.2, 0.25) is 0 Å². The molecule has 0 bridgehead atoms. The Morgan fingerprint density at radius 1 is 1.27 bits per heavy atom. The van der Waals surface area contributed by atoms with E-state index in [1.807, 2.05) is 24.3 Å². The van der Waals surface area contributed by atoms with Crippen LogP contribution in [0, 0.1) is 0 Å². The molecule has 1 aromatic rings. The van der Waals surface area contributed by atoms with Crippen LogP contribution < -0.4 is 10.6 Å². The van der Waals surface area contributed by atoms with Crippen LogP contribution in [-0.2, 0) is 11.3 Å². The Kier molecular flexibility index (Phi) is 7.19. The minimum absolute atomic E-state index is 0.0776. The fourth-order valence-electron chi connectivity index (χ4n) is 2.64. The highest BCUT2D eigenvalue weighted by molar-refractivity contribution is 5.89. The van der Waals surface area contributed by atoms with Crippen LogP contribution in [0.5, 0.6) is 0 Å². The van der Waals surface area contributed by atoms with Crippen LogP contribution in [0.4, 0.5) is 10.5 Å². The number of aliphatic hydroxyl groups is 1. The van der Waals surface area contributed by atoms with Gasteiger partial charge in [-0.05, 0) is 37.0 Å². The first-order chi connectivity index (χ1) is 10.8. The zero-order chi connectivity index (χ0) is 15.6. The van der Waals surface area contributed by atoms with Crippen molar-refractivity contribution in [1.82, 2.24) is 5.32 Å². The lowest BCUT2D eigenvalue weighted by atomic mass is 9.98. The van der Waals surface area contributed by atoms with Crippen molar-refractivity contribution in [3.05, 3.63) is 29.8 Å². The molecular formula is C17H26N2O3.